The molecule has 2 aromatic heterocycles. The van der Waals surface area contributed by atoms with Crippen LogP contribution in [0.3, 0.4) is 0 Å². The number of thiazole rings is 1. The van der Waals surface area contributed by atoms with E-state index >= 15 is 0 Å². The van der Waals surface area contributed by atoms with E-state index in [2.05, 4.69) is 29.4 Å². The molecule has 0 amide bonds. The molecule has 0 saturated heterocycles. The number of aryl methyl sites for hydroxylation is 1. The minimum absolute atomic E-state index is 0.841. The SMILES string of the molecule is COc1ccc(Cc2nc(-c3cnccc3C)cs2)cc1. The summed E-state index contributed by atoms with van der Waals surface area (Å²) in [5.41, 5.74) is 4.55. The van der Waals surface area contributed by atoms with Crippen LogP contribution in [0.2, 0.25) is 0 Å². The second-order valence-corrected chi connectivity index (χ2v) is 5.78. The van der Waals surface area contributed by atoms with Gasteiger partial charge in [0.1, 0.15) is 5.75 Å². The molecule has 3 aromatic rings. The van der Waals surface area contributed by atoms with Gasteiger partial charge in [-0.2, -0.15) is 0 Å². The Bertz CT molecular complexity index is 735. The van der Waals surface area contributed by atoms with Gasteiger partial charge in [0.15, 0.2) is 0 Å². The van der Waals surface area contributed by atoms with Crippen LogP contribution in [0.5, 0.6) is 5.75 Å². The van der Waals surface area contributed by atoms with E-state index in [1.54, 1.807) is 18.4 Å². The summed E-state index contributed by atoms with van der Waals surface area (Å²) in [6.45, 7) is 2.08. The van der Waals surface area contributed by atoms with Crippen molar-refractivity contribution < 1.29 is 4.74 Å². The highest BCUT2D eigenvalue weighted by atomic mass is 32.1. The van der Waals surface area contributed by atoms with E-state index in [-0.39, 0.29) is 0 Å². The molecule has 0 bridgehead atoms. The molecule has 0 saturated carbocycles. The zero-order valence-corrected chi connectivity index (χ0v) is 12.9. The van der Waals surface area contributed by atoms with Crippen LogP contribution < -0.4 is 4.74 Å². The van der Waals surface area contributed by atoms with E-state index in [0.717, 1.165) is 28.4 Å². The third kappa shape index (κ3) is 3.11. The van der Waals surface area contributed by atoms with Crippen molar-refractivity contribution in [2.24, 2.45) is 0 Å². The molecule has 0 radical (unpaired) electrons. The van der Waals surface area contributed by atoms with Gasteiger partial charge in [-0.15, -0.1) is 11.3 Å². The Morgan fingerprint density at radius 1 is 1.14 bits per heavy atom. The first kappa shape index (κ1) is 13.8. The van der Waals surface area contributed by atoms with Crippen LogP contribution in [-0.2, 0) is 6.42 Å². The molecular formula is C17H16N2OS. The lowest BCUT2D eigenvalue weighted by Gasteiger charge is -2.02. The monoisotopic (exact) mass is 296 g/mol. The maximum Gasteiger partial charge on any atom is 0.118 e. The van der Waals surface area contributed by atoms with Gasteiger partial charge in [-0.3, -0.25) is 4.98 Å². The molecule has 21 heavy (non-hydrogen) atoms. The van der Waals surface area contributed by atoms with Crippen molar-refractivity contribution in [3.8, 4) is 17.0 Å². The largest absolute Gasteiger partial charge is 0.497 e. The van der Waals surface area contributed by atoms with Crippen LogP contribution in [0.15, 0.2) is 48.1 Å². The highest BCUT2D eigenvalue weighted by Crippen LogP contribution is 2.25. The molecule has 0 fully saturated rings. The third-order valence-electron chi connectivity index (χ3n) is 3.38. The first-order valence-electron chi connectivity index (χ1n) is 6.74. The van der Waals surface area contributed by atoms with Crippen molar-refractivity contribution in [3.63, 3.8) is 0 Å². The molecule has 4 heteroatoms. The minimum Gasteiger partial charge on any atom is -0.497 e. The Morgan fingerprint density at radius 2 is 1.95 bits per heavy atom. The molecule has 0 unspecified atom stereocenters. The number of hydrogen-bond donors (Lipinski definition) is 0. The maximum absolute atomic E-state index is 5.17. The molecule has 0 atom stereocenters. The number of methoxy groups -OCH3 is 1. The summed E-state index contributed by atoms with van der Waals surface area (Å²) >= 11 is 1.69. The van der Waals surface area contributed by atoms with Gasteiger partial charge in [-0.05, 0) is 36.2 Å². The van der Waals surface area contributed by atoms with Gasteiger partial charge in [-0.25, -0.2) is 4.98 Å². The van der Waals surface area contributed by atoms with Crippen molar-refractivity contribution in [1.29, 1.82) is 0 Å². The Kier molecular flexibility index (Phi) is 3.97. The molecule has 2 heterocycles. The van der Waals surface area contributed by atoms with Crippen LogP contribution in [0.1, 0.15) is 16.1 Å². The topological polar surface area (TPSA) is 35.0 Å². The molecule has 0 N–H and O–H groups in total. The molecule has 0 aliphatic carbocycles. The average molecular weight is 296 g/mol. The molecule has 0 spiro atoms. The van der Waals surface area contributed by atoms with E-state index < -0.39 is 0 Å². The summed E-state index contributed by atoms with van der Waals surface area (Å²) < 4.78 is 5.17. The van der Waals surface area contributed by atoms with E-state index in [4.69, 9.17) is 9.72 Å². The lowest BCUT2D eigenvalue weighted by molar-refractivity contribution is 0.414. The first-order valence-corrected chi connectivity index (χ1v) is 7.62. The number of ether oxygens (including phenoxy) is 1. The fraction of sp³-hybridized carbons (Fsp3) is 0.176. The van der Waals surface area contributed by atoms with Crippen molar-refractivity contribution in [2.45, 2.75) is 13.3 Å². The van der Waals surface area contributed by atoms with Gasteiger partial charge in [0.05, 0.1) is 17.8 Å². The average Bonchev–Trinajstić information content (AvgIpc) is 2.97. The van der Waals surface area contributed by atoms with Crippen LogP contribution in [0.4, 0.5) is 0 Å². The van der Waals surface area contributed by atoms with Gasteiger partial charge >= 0.3 is 0 Å². The molecule has 3 nitrogen and oxygen atoms in total. The molecular weight excluding hydrogens is 280 g/mol. The number of hydrogen-bond acceptors (Lipinski definition) is 4. The Labute approximate surface area is 128 Å². The summed E-state index contributed by atoms with van der Waals surface area (Å²) in [6.07, 6.45) is 4.53. The quantitative estimate of drug-likeness (QED) is 0.726. The highest BCUT2D eigenvalue weighted by Gasteiger charge is 2.08. The molecule has 1 aromatic carbocycles. The van der Waals surface area contributed by atoms with Gasteiger partial charge < -0.3 is 4.74 Å². The molecule has 0 aliphatic heterocycles. The minimum atomic E-state index is 0.841. The third-order valence-corrected chi connectivity index (χ3v) is 4.23. The van der Waals surface area contributed by atoms with Crippen LogP contribution >= 0.6 is 11.3 Å². The number of nitrogens with zero attached hydrogens (tertiary/aromatic N) is 2. The number of aromatic nitrogens is 2. The van der Waals surface area contributed by atoms with Crippen molar-refractivity contribution in [3.05, 3.63) is 64.2 Å². The van der Waals surface area contributed by atoms with E-state index in [9.17, 15) is 0 Å². The Balaban J connectivity index is 1.80. The smallest absolute Gasteiger partial charge is 0.118 e. The summed E-state index contributed by atoms with van der Waals surface area (Å²) in [7, 11) is 1.68. The second kappa shape index (κ2) is 6.06. The van der Waals surface area contributed by atoms with Crippen molar-refractivity contribution in [2.75, 3.05) is 7.11 Å². The van der Waals surface area contributed by atoms with Crippen LogP contribution in [0, 0.1) is 6.92 Å². The zero-order chi connectivity index (χ0) is 14.7. The zero-order valence-electron chi connectivity index (χ0n) is 12.0. The summed E-state index contributed by atoms with van der Waals surface area (Å²) in [5, 5.41) is 3.21. The summed E-state index contributed by atoms with van der Waals surface area (Å²) in [5.74, 6) is 0.879. The second-order valence-electron chi connectivity index (χ2n) is 4.84. The van der Waals surface area contributed by atoms with Crippen molar-refractivity contribution in [1.82, 2.24) is 9.97 Å². The van der Waals surface area contributed by atoms with E-state index in [0.29, 0.717) is 0 Å². The number of benzene rings is 1. The molecule has 0 aliphatic rings. The standard InChI is InChI=1S/C17H16N2OS/c1-12-7-8-18-10-15(12)16-11-21-17(19-16)9-13-3-5-14(20-2)6-4-13/h3-8,10-11H,9H2,1-2H3. The maximum atomic E-state index is 5.17. The Hall–Kier alpha value is -2.20. The summed E-state index contributed by atoms with van der Waals surface area (Å²) in [4.78, 5) is 8.91. The summed E-state index contributed by atoms with van der Waals surface area (Å²) in [6, 6.07) is 10.1. The fourth-order valence-electron chi connectivity index (χ4n) is 2.17. The van der Waals surface area contributed by atoms with Crippen molar-refractivity contribution >= 4 is 11.3 Å². The number of rotatable bonds is 4. The Morgan fingerprint density at radius 3 is 2.67 bits per heavy atom. The van der Waals surface area contributed by atoms with E-state index in [1.807, 2.05) is 30.6 Å². The lowest BCUT2D eigenvalue weighted by atomic mass is 10.1. The normalized spacial score (nSPS) is 10.6. The van der Waals surface area contributed by atoms with Gasteiger partial charge in [0.2, 0.25) is 0 Å². The van der Waals surface area contributed by atoms with Gasteiger partial charge in [0, 0.05) is 29.8 Å². The van der Waals surface area contributed by atoms with Crippen LogP contribution in [-0.4, -0.2) is 17.1 Å². The van der Waals surface area contributed by atoms with Gasteiger partial charge in [0.25, 0.3) is 0 Å². The number of pyridine rings is 1. The van der Waals surface area contributed by atoms with Crippen LogP contribution in [0.25, 0.3) is 11.3 Å². The van der Waals surface area contributed by atoms with E-state index in [1.165, 1.54) is 11.1 Å². The highest BCUT2D eigenvalue weighted by molar-refractivity contribution is 7.10. The fourth-order valence-corrected chi connectivity index (χ4v) is 2.99. The predicted molar refractivity (Wildman–Crippen MR) is 85.9 cm³/mol. The first-order chi connectivity index (χ1) is 10.3. The molecule has 3 rings (SSSR count). The molecule has 106 valence electrons. The van der Waals surface area contributed by atoms with Gasteiger partial charge in [-0.1, -0.05) is 12.1 Å². The lowest BCUT2D eigenvalue weighted by Crippen LogP contribution is -1.90. The predicted octanol–water partition coefficient (Wildman–Crippen LogP) is 4.11.